The summed E-state index contributed by atoms with van der Waals surface area (Å²) < 4.78 is 0. The van der Waals surface area contributed by atoms with Crippen molar-refractivity contribution in [1.29, 1.82) is 0 Å². The number of amides is 2. The van der Waals surface area contributed by atoms with E-state index in [1.807, 2.05) is 28.0 Å². The molecule has 0 spiro atoms. The van der Waals surface area contributed by atoms with E-state index in [0.29, 0.717) is 6.54 Å². The maximum Gasteiger partial charge on any atom is 0.236 e. The standard InChI is InChI=1S/C17H25N5O2/c1-15(23)20-8-6-19(7-9-20)14-17(24)22-12-10-21(11-13-22)16-4-2-3-5-18-16/h2-5H,6-14H2,1H3. The monoisotopic (exact) mass is 331 g/mol. The van der Waals surface area contributed by atoms with Crippen LogP contribution in [0.4, 0.5) is 5.82 Å². The average Bonchev–Trinajstić information content (AvgIpc) is 2.63. The van der Waals surface area contributed by atoms with Crippen LogP contribution in [0, 0.1) is 0 Å². The zero-order chi connectivity index (χ0) is 16.9. The Morgan fingerprint density at radius 1 is 0.958 bits per heavy atom. The highest BCUT2D eigenvalue weighted by Gasteiger charge is 2.25. The topological polar surface area (TPSA) is 60.0 Å². The van der Waals surface area contributed by atoms with Crippen molar-refractivity contribution in [2.45, 2.75) is 6.92 Å². The first-order chi connectivity index (χ1) is 11.6. The molecule has 0 atom stereocenters. The highest BCUT2D eigenvalue weighted by atomic mass is 16.2. The molecule has 2 aliphatic rings. The summed E-state index contributed by atoms with van der Waals surface area (Å²) in [5.41, 5.74) is 0. The van der Waals surface area contributed by atoms with E-state index in [1.54, 1.807) is 13.1 Å². The van der Waals surface area contributed by atoms with Crippen LogP contribution in [0.3, 0.4) is 0 Å². The molecule has 2 amide bonds. The molecule has 3 heterocycles. The maximum absolute atomic E-state index is 12.5. The van der Waals surface area contributed by atoms with Gasteiger partial charge in [-0.05, 0) is 12.1 Å². The first-order valence-corrected chi connectivity index (χ1v) is 8.55. The first kappa shape index (κ1) is 16.7. The lowest BCUT2D eigenvalue weighted by Gasteiger charge is -2.38. The number of hydrogen-bond donors (Lipinski definition) is 0. The van der Waals surface area contributed by atoms with E-state index in [2.05, 4.69) is 14.8 Å². The van der Waals surface area contributed by atoms with Gasteiger partial charge in [0.25, 0.3) is 0 Å². The Balaban J connectivity index is 1.43. The Kier molecular flexibility index (Phi) is 5.30. The minimum atomic E-state index is 0.117. The van der Waals surface area contributed by atoms with Crippen molar-refractivity contribution in [2.24, 2.45) is 0 Å². The molecule has 0 unspecified atom stereocenters. The van der Waals surface area contributed by atoms with Crippen molar-refractivity contribution in [3.63, 3.8) is 0 Å². The normalized spacial score (nSPS) is 19.5. The minimum Gasteiger partial charge on any atom is -0.353 e. The largest absolute Gasteiger partial charge is 0.353 e. The molecule has 1 aromatic rings. The van der Waals surface area contributed by atoms with Crippen molar-refractivity contribution in [3.8, 4) is 0 Å². The number of anilines is 1. The number of nitrogens with zero attached hydrogens (tertiary/aromatic N) is 5. The van der Waals surface area contributed by atoms with Gasteiger partial charge in [0, 0.05) is 65.5 Å². The zero-order valence-electron chi connectivity index (χ0n) is 14.2. The van der Waals surface area contributed by atoms with E-state index < -0.39 is 0 Å². The summed E-state index contributed by atoms with van der Waals surface area (Å²) in [5, 5.41) is 0. The molecule has 0 radical (unpaired) electrons. The van der Waals surface area contributed by atoms with Crippen LogP contribution in [0.25, 0.3) is 0 Å². The highest BCUT2D eigenvalue weighted by Crippen LogP contribution is 2.13. The number of piperazine rings is 2. The fourth-order valence-electron chi connectivity index (χ4n) is 3.24. The quantitative estimate of drug-likeness (QED) is 0.774. The van der Waals surface area contributed by atoms with Gasteiger partial charge in [-0.1, -0.05) is 6.07 Å². The molecule has 0 bridgehead atoms. The van der Waals surface area contributed by atoms with Crippen molar-refractivity contribution in [2.75, 3.05) is 63.8 Å². The Morgan fingerprint density at radius 3 is 2.21 bits per heavy atom. The van der Waals surface area contributed by atoms with Crippen molar-refractivity contribution >= 4 is 17.6 Å². The molecule has 2 fully saturated rings. The summed E-state index contributed by atoms with van der Waals surface area (Å²) in [6.45, 7) is 8.16. The molecule has 130 valence electrons. The van der Waals surface area contributed by atoms with Crippen LogP contribution in [-0.2, 0) is 9.59 Å². The lowest BCUT2D eigenvalue weighted by Crippen LogP contribution is -2.54. The summed E-state index contributed by atoms with van der Waals surface area (Å²) in [5.74, 6) is 1.28. The van der Waals surface area contributed by atoms with Gasteiger partial charge in [-0.25, -0.2) is 4.98 Å². The van der Waals surface area contributed by atoms with Gasteiger partial charge in [-0.15, -0.1) is 0 Å². The third kappa shape index (κ3) is 4.03. The van der Waals surface area contributed by atoms with Gasteiger partial charge in [-0.3, -0.25) is 14.5 Å². The third-order valence-corrected chi connectivity index (χ3v) is 4.78. The summed E-state index contributed by atoms with van der Waals surface area (Å²) >= 11 is 0. The molecule has 1 aromatic heterocycles. The molecule has 7 heteroatoms. The SMILES string of the molecule is CC(=O)N1CCN(CC(=O)N2CCN(c3ccccn3)CC2)CC1. The Morgan fingerprint density at radius 2 is 1.62 bits per heavy atom. The lowest BCUT2D eigenvalue weighted by molar-refractivity contribution is -0.134. The van der Waals surface area contributed by atoms with Crippen molar-refractivity contribution in [3.05, 3.63) is 24.4 Å². The van der Waals surface area contributed by atoms with Gasteiger partial charge in [0.2, 0.25) is 11.8 Å². The van der Waals surface area contributed by atoms with E-state index >= 15 is 0 Å². The summed E-state index contributed by atoms with van der Waals surface area (Å²) in [6.07, 6.45) is 1.80. The average molecular weight is 331 g/mol. The van der Waals surface area contributed by atoms with Crippen LogP contribution in [0.15, 0.2) is 24.4 Å². The lowest BCUT2D eigenvalue weighted by atomic mass is 10.2. The summed E-state index contributed by atoms with van der Waals surface area (Å²) in [7, 11) is 0. The smallest absolute Gasteiger partial charge is 0.236 e. The van der Waals surface area contributed by atoms with Gasteiger partial charge < -0.3 is 14.7 Å². The van der Waals surface area contributed by atoms with Crippen LogP contribution in [0.1, 0.15) is 6.92 Å². The fraction of sp³-hybridized carbons (Fsp3) is 0.588. The summed E-state index contributed by atoms with van der Waals surface area (Å²) in [4.78, 5) is 36.4. The van der Waals surface area contributed by atoms with Gasteiger partial charge >= 0.3 is 0 Å². The number of rotatable bonds is 3. The third-order valence-electron chi connectivity index (χ3n) is 4.78. The van der Waals surface area contributed by atoms with E-state index in [-0.39, 0.29) is 11.8 Å². The number of carbonyl (C=O) groups excluding carboxylic acids is 2. The molecule has 3 rings (SSSR count). The molecule has 24 heavy (non-hydrogen) atoms. The van der Waals surface area contributed by atoms with Crippen LogP contribution in [-0.4, -0.2) is 90.4 Å². The van der Waals surface area contributed by atoms with E-state index in [0.717, 1.165) is 58.2 Å². The molecule has 2 aliphatic heterocycles. The second-order valence-corrected chi connectivity index (χ2v) is 6.34. The first-order valence-electron chi connectivity index (χ1n) is 8.55. The minimum absolute atomic E-state index is 0.117. The van der Waals surface area contributed by atoms with Crippen LogP contribution in [0.2, 0.25) is 0 Å². The van der Waals surface area contributed by atoms with Crippen molar-refractivity contribution in [1.82, 2.24) is 19.7 Å². The molecule has 7 nitrogen and oxygen atoms in total. The molecule has 2 saturated heterocycles. The van der Waals surface area contributed by atoms with Crippen LogP contribution in [0.5, 0.6) is 0 Å². The predicted molar refractivity (Wildman–Crippen MR) is 91.7 cm³/mol. The second kappa shape index (κ2) is 7.61. The van der Waals surface area contributed by atoms with Crippen LogP contribution < -0.4 is 4.90 Å². The van der Waals surface area contributed by atoms with Gasteiger partial charge in [0.15, 0.2) is 0 Å². The Labute approximate surface area is 142 Å². The Bertz CT molecular complexity index is 564. The fourth-order valence-corrected chi connectivity index (χ4v) is 3.24. The molecule has 0 N–H and O–H groups in total. The predicted octanol–water partition coefficient (Wildman–Crippen LogP) is -0.106. The molecule has 0 aliphatic carbocycles. The molecule has 0 aromatic carbocycles. The van der Waals surface area contributed by atoms with E-state index in [9.17, 15) is 9.59 Å². The second-order valence-electron chi connectivity index (χ2n) is 6.34. The highest BCUT2D eigenvalue weighted by molar-refractivity contribution is 5.78. The Hall–Kier alpha value is -2.15. The van der Waals surface area contributed by atoms with E-state index in [4.69, 9.17) is 0 Å². The summed E-state index contributed by atoms with van der Waals surface area (Å²) in [6, 6.07) is 5.90. The zero-order valence-corrected chi connectivity index (χ0v) is 14.2. The van der Waals surface area contributed by atoms with Gasteiger partial charge in [0.05, 0.1) is 6.54 Å². The number of hydrogen-bond acceptors (Lipinski definition) is 5. The molecular formula is C17H25N5O2. The van der Waals surface area contributed by atoms with E-state index in [1.165, 1.54) is 0 Å². The number of carbonyl (C=O) groups is 2. The number of pyridine rings is 1. The van der Waals surface area contributed by atoms with Crippen LogP contribution >= 0.6 is 0 Å². The maximum atomic E-state index is 12.5. The van der Waals surface area contributed by atoms with Gasteiger partial charge in [0.1, 0.15) is 5.82 Å². The van der Waals surface area contributed by atoms with Crippen molar-refractivity contribution < 1.29 is 9.59 Å². The van der Waals surface area contributed by atoms with Gasteiger partial charge in [-0.2, -0.15) is 0 Å². The molecule has 0 saturated carbocycles. The molecular weight excluding hydrogens is 306 g/mol. The number of aromatic nitrogens is 1.